The lowest BCUT2D eigenvalue weighted by Gasteiger charge is -2.27. The molecular formula is C14H27NO3. The van der Waals surface area contributed by atoms with Crippen molar-refractivity contribution in [2.24, 2.45) is 0 Å². The van der Waals surface area contributed by atoms with Crippen molar-refractivity contribution in [3.63, 3.8) is 0 Å². The molecule has 0 amide bonds. The van der Waals surface area contributed by atoms with Gasteiger partial charge in [0, 0.05) is 6.04 Å². The number of ether oxygens (including phenoxy) is 1. The van der Waals surface area contributed by atoms with Gasteiger partial charge in [0.05, 0.1) is 6.10 Å². The third-order valence-corrected chi connectivity index (χ3v) is 3.20. The molecule has 3 unspecified atom stereocenters. The number of aliphatic hydroxyl groups is 1. The predicted molar refractivity (Wildman–Crippen MR) is 71.3 cm³/mol. The molecule has 4 nitrogen and oxygen atoms in total. The normalized spacial score (nSPS) is 27.4. The molecule has 0 saturated heterocycles. The Balaban J connectivity index is 2.47. The molecular weight excluding hydrogens is 230 g/mol. The number of carbonyl (C=O) groups is 1. The van der Waals surface area contributed by atoms with Crippen LogP contribution in [0.4, 0.5) is 0 Å². The van der Waals surface area contributed by atoms with Crippen molar-refractivity contribution in [1.29, 1.82) is 0 Å². The molecule has 0 heterocycles. The summed E-state index contributed by atoms with van der Waals surface area (Å²) in [5, 5.41) is 13.2. The Morgan fingerprint density at radius 1 is 1.28 bits per heavy atom. The van der Waals surface area contributed by atoms with Crippen molar-refractivity contribution >= 4 is 5.97 Å². The summed E-state index contributed by atoms with van der Waals surface area (Å²) in [4.78, 5) is 11.9. The SMILES string of the molecule is CC(NC1CCCCCC1O)C(=O)OC(C)(C)C. The second-order valence-electron chi connectivity index (χ2n) is 6.23. The summed E-state index contributed by atoms with van der Waals surface area (Å²) in [5.41, 5.74) is -0.463. The first-order valence-electron chi connectivity index (χ1n) is 6.96. The van der Waals surface area contributed by atoms with Crippen molar-refractivity contribution in [2.45, 2.75) is 83.6 Å². The van der Waals surface area contributed by atoms with E-state index in [0.717, 1.165) is 32.1 Å². The van der Waals surface area contributed by atoms with Gasteiger partial charge in [-0.15, -0.1) is 0 Å². The van der Waals surface area contributed by atoms with Crippen molar-refractivity contribution in [3.05, 3.63) is 0 Å². The number of hydrogen-bond donors (Lipinski definition) is 2. The lowest BCUT2D eigenvalue weighted by Crippen LogP contribution is -2.48. The highest BCUT2D eigenvalue weighted by atomic mass is 16.6. The number of hydrogen-bond acceptors (Lipinski definition) is 4. The Labute approximate surface area is 110 Å². The van der Waals surface area contributed by atoms with E-state index >= 15 is 0 Å². The van der Waals surface area contributed by atoms with E-state index in [1.54, 1.807) is 6.92 Å². The zero-order valence-electron chi connectivity index (χ0n) is 12.0. The summed E-state index contributed by atoms with van der Waals surface area (Å²) in [6.45, 7) is 7.38. The molecule has 1 aliphatic carbocycles. The molecule has 4 heteroatoms. The molecule has 0 aromatic heterocycles. The third-order valence-electron chi connectivity index (χ3n) is 3.20. The Morgan fingerprint density at radius 3 is 2.50 bits per heavy atom. The molecule has 1 rings (SSSR count). The second kappa shape index (κ2) is 6.53. The Bertz CT molecular complexity index is 273. The maximum Gasteiger partial charge on any atom is 0.323 e. The number of nitrogens with one attached hydrogen (secondary N) is 1. The average Bonchev–Trinajstić information content (AvgIpc) is 2.42. The molecule has 0 radical (unpaired) electrons. The van der Waals surface area contributed by atoms with Crippen LogP contribution in [0.3, 0.4) is 0 Å². The van der Waals surface area contributed by atoms with Crippen molar-refractivity contribution in [3.8, 4) is 0 Å². The summed E-state index contributed by atoms with van der Waals surface area (Å²) in [5.74, 6) is -0.251. The molecule has 0 aromatic carbocycles. The first-order valence-corrected chi connectivity index (χ1v) is 6.96. The van der Waals surface area contributed by atoms with E-state index in [9.17, 15) is 9.90 Å². The van der Waals surface area contributed by atoms with E-state index in [4.69, 9.17) is 4.74 Å². The van der Waals surface area contributed by atoms with E-state index in [0.29, 0.717) is 0 Å². The van der Waals surface area contributed by atoms with Crippen LogP contribution in [0.1, 0.15) is 59.8 Å². The van der Waals surface area contributed by atoms with Crippen molar-refractivity contribution in [2.75, 3.05) is 0 Å². The summed E-state index contributed by atoms with van der Waals surface area (Å²) in [6, 6.07) is -0.364. The van der Waals surface area contributed by atoms with Gasteiger partial charge in [0.2, 0.25) is 0 Å². The van der Waals surface area contributed by atoms with Crippen LogP contribution in [0.15, 0.2) is 0 Å². The fourth-order valence-electron chi connectivity index (χ4n) is 2.26. The van der Waals surface area contributed by atoms with Gasteiger partial charge < -0.3 is 9.84 Å². The Kier molecular flexibility index (Phi) is 5.60. The monoisotopic (exact) mass is 257 g/mol. The first-order chi connectivity index (χ1) is 8.29. The molecule has 18 heavy (non-hydrogen) atoms. The van der Waals surface area contributed by atoms with Crippen LogP contribution < -0.4 is 5.32 Å². The highest BCUT2D eigenvalue weighted by Gasteiger charge is 2.27. The maximum absolute atomic E-state index is 11.9. The molecule has 3 atom stereocenters. The van der Waals surface area contributed by atoms with Crippen LogP contribution in [0, 0.1) is 0 Å². The van der Waals surface area contributed by atoms with Crippen molar-refractivity contribution < 1.29 is 14.6 Å². The zero-order chi connectivity index (χ0) is 13.8. The molecule has 106 valence electrons. The predicted octanol–water partition coefficient (Wildman–Crippen LogP) is 2.00. The lowest BCUT2D eigenvalue weighted by atomic mass is 10.1. The number of carbonyl (C=O) groups excluding carboxylic acids is 1. The fourth-order valence-corrected chi connectivity index (χ4v) is 2.26. The van der Waals surface area contributed by atoms with Gasteiger partial charge in [0.15, 0.2) is 0 Å². The third kappa shape index (κ3) is 5.36. The van der Waals surface area contributed by atoms with Crippen LogP contribution in [-0.4, -0.2) is 34.9 Å². The minimum absolute atomic E-state index is 0.00928. The standard InChI is InChI=1S/C14H27NO3/c1-10(13(17)18-14(2,3)4)15-11-8-6-5-7-9-12(11)16/h10-12,15-16H,5-9H2,1-4H3. The Hall–Kier alpha value is -0.610. The minimum Gasteiger partial charge on any atom is -0.459 e. The van der Waals surface area contributed by atoms with Gasteiger partial charge in [0.25, 0.3) is 0 Å². The smallest absolute Gasteiger partial charge is 0.323 e. The topological polar surface area (TPSA) is 58.6 Å². The largest absolute Gasteiger partial charge is 0.459 e. The summed E-state index contributed by atoms with van der Waals surface area (Å²) < 4.78 is 5.32. The fraction of sp³-hybridized carbons (Fsp3) is 0.929. The molecule has 2 N–H and O–H groups in total. The van der Waals surface area contributed by atoms with Gasteiger partial charge in [-0.25, -0.2) is 0 Å². The van der Waals surface area contributed by atoms with Crippen LogP contribution in [0.2, 0.25) is 0 Å². The quantitative estimate of drug-likeness (QED) is 0.600. The van der Waals surface area contributed by atoms with Gasteiger partial charge in [-0.05, 0) is 40.5 Å². The van der Waals surface area contributed by atoms with Crippen LogP contribution in [-0.2, 0) is 9.53 Å². The summed E-state index contributed by atoms with van der Waals surface area (Å²) in [6.07, 6.45) is 4.73. The summed E-state index contributed by atoms with van der Waals surface area (Å²) in [7, 11) is 0. The van der Waals surface area contributed by atoms with E-state index < -0.39 is 5.60 Å². The average molecular weight is 257 g/mol. The molecule has 0 bridgehead atoms. The van der Waals surface area contributed by atoms with Gasteiger partial charge in [-0.3, -0.25) is 10.1 Å². The molecule has 1 aliphatic rings. The molecule has 0 aliphatic heterocycles. The second-order valence-corrected chi connectivity index (χ2v) is 6.23. The van der Waals surface area contributed by atoms with E-state index in [-0.39, 0.29) is 24.2 Å². The van der Waals surface area contributed by atoms with E-state index in [2.05, 4.69) is 5.32 Å². The van der Waals surface area contributed by atoms with E-state index in [1.165, 1.54) is 0 Å². The first kappa shape index (κ1) is 15.4. The van der Waals surface area contributed by atoms with Gasteiger partial charge >= 0.3 is 5.97 Å². The van der Waals surface area contributed by atoms with Gasteiger partial charge in [-0.2, -0.15) is 0 Å². The van der Waals surface area contributed by atoms with Crippen LogP contribution in [0.5, 0.6) is 0 Å². The number of aliphatic hydroxyl groups excluding tert-OH is 1. The van der Waals surface area contributed by atoms with Crippen LogP contribution in [0.25, 0.3) is 0 Å². The van der Waals surface area contributed by atoms with E-state index in [1.807, 2.05) is 20.8 Å². The molecule has 1 saturated carbocycles. The number of rotatable bonds is 3. The summed E-state index contributed by atoms with van der Waals surface area (Å²) >= 11 is 0. The lowest BCUT2D eigenvalue weighted by molar-refractivity contribution is -0.157. The maximum atomic E-state index is 11.9. The highest BCUT2D eigenvalue weighted by Crippen LogP contribution is 2.19. The highest BCUT2D eigenvalue weighted by molar-refractivity contribution is 5.75. The molecule has 0 aromatic rings. The van der Waals surface area contributed by atoms with Crippen LogP contribution >= 0.6 is 0 Å². The number of esters is 1. The minimum atomic E-state index is -0.463. The molecule has 0 spiro atoms. The van der Waals surface area contributed by atoms with Gasteiger partial charge in [-0.1, -0.05) is 19.3 Å². The van der Waals surface area contributed by atoms with Crippen molar-refractivity contribution in [1.82, 2.24) is 5.32 Å². The molecule has 1 fully saturated rings. The van der Waals surface area contributed by atoms with Gasteiger partial charge in [0.1, 0.15) is 11.6 Å². The zero-order valence-corrected chi connectivity index (χ0v) is 12.0. The Morgan fingerprint density at radius 2 is 1.89 bits per heavy atom.